The molecule has 0 saturated carbocycles. The first-order chi connectivity index (χ1) is 11.7. The highest BCUT2D eigenvalue weighted by molar-refractivity contribution is 5.90. The lowest BCUT2D eigenvalue weighted by Gasteiger charge is -2.10. The molecule has 126 valence electrons. The lowest BCUT2D eigenvalue weighted by Crippen LogP contribution is -2.22. The number of nitrogens with one attached hydrogen (secondary N) is 2. The van der Waals surface area contributed by atoms with Crippen molar-refractivity contribution in [2.24, 2.45) is 5.92 Å². The summed E-state index contributed by atoms with van der Waals surface area (Å²) in [4.78, 5) is 27.5. The van der Waals surface area contributed by atoms with Crippen molar-refractivity contribution in [3.05, 3.63) is 58.8 Å². The van der Waals surface area contributed by atoms with Crippen molar-refractivity contribution in [2.45, 2.75) is 25.8 Å². The van der Waals surface area contributed by atoms with E-state index in [1.165, 1.54) is 10.8 Å². The standard InChI is InChI=1S/C18H22N4O2/c23-17(6-5-14-7-9-19-12-14)21-16-4-1-3-15(11-16)13-22-10-2-8-20-18(22)24/h1-4,8,10-11,14,19H,5-7,9,12-13H2,(H,21,23). The van der Waals surface area contributed by atoms with E-state index in [4.69, 9.17) is 0 Å². The molecule has 1 amide bonds. The molecule has 0 spiro atoms. The second kappa shape index (κ2) is 7.88. The van der Waals surface area contributed by atoms with E-state index in [0.717, 1.165) is 37.2 Å². The Labute approximate surface area is 140 Å². The fourth-order valence-electron chi connectivity index (χ4n) is 2.97. The topological polar surface area (TPSA) is 76.0 Å². The Morgan fingerprint density at radius 3 is 3.08 bits per heavy atom. The maximum atomic E-state index is 12.1. The molecule has 6 heteroatoms. The van der Waals surface area contributed by atoms with Gasteiger partial charge in [0, 0.05) is 24.5 Å². The summed E-state index contributed by atoms with van der Waals surface area (Å²) >= 11 is 0. The number of rotatable bonds is 6. The number of benzene rings is 1. The van der Waals surface area contributed by atoms with Gasteiger partial charge < -0.3 is 10.6 Å². The molecule has 1 aliphatic heterocycles. The minimum atomic E-state index is -0.280. The van der Waals surface area contributed by atoms with E-state index in [-0.39, 0.29) is 11.6 Å². The number of amides is 1. The molecule has 0 aliphatic carbocycles. The zero-order valence-electron chi connectivity index (χ0n) is 13.6. The van der Waals surface area contributed by atoms with Gasteiger partial charge in [-0.25, -0.2) is 9.78 Å². The van der Waals surface area contributed by atoms with E-state index in [1.54, 1.807) is 12.3 Å². The Bertz CT molecular complexity index is 750. The van der Waals surface area contributed by atoms with E-state index >= 15 is 0 Å². The highest BCUT2D eigenvalue weighted by Gasteiger charge is 2.15. The van der Waals surface area contributed by atoms with Crippen LogP contribution in [0, 0.1) is 5.92 Å². The summed E-state index contributed by atoms with van der Waals surface area (Å²) < 4.78 is 1.54. The Balaban J connectivity index is 1.57. The number of carbonyl (C=O) groups excluding carboxylic acids is 1. The van der Waals surface area contributed by atoms with Crippen molar-refractivity contribution in [3.63, 3.8) is 0 Å². The number of carbonyl (C=O) groups is 1. The molecule has 1 aromatic heterocycles. The zero-order valence-corrected chi connectivity index (χ0v) is 13.6. The average molecular weight is 326 g/mol. The summed E-state index contributed by atoms with van der Waals surface area (Å²) in [7, 11) is 0. The van der Waals surface area contributed by atoms with Crippen LogP contribution in [-0.2, 0) is 11.3 Å². The van der Waals surface area contributed by atoms with Gasteiger partial charge in [-0.05, 0) is 55.6 Å². The van der Waals surface area contributed by atoms with E-state index < -0.39 is 0 Å². The Kier molecular flexibility index (Phi) is 5.38. The highest BCUT2D eigenvalue weighted by atomic mass is 16.2. The van der Waals surface area contributed by atoms with Crippen molar-refractivity contribution < 1.29 is 4.79 Å². The van der Waals surface area contributed by atoms with Crippen LogP contribution >= 0.6 is 0 Å². The van der Waals surface area contributed by atoms with Crippen LogP contribution in [0.5, 0.6) is 0 Å². The number of anilines is 1. The van der Waals surface area contributed by atoms with Crippen molar-refractivity contribution >= 4 is 11.6 Å². The van der Waals surface area contributed by atoms with Crippen molar-refractivity contribution in [2.75, 3.05) is 18.4 Å². The molecule has 24 heavy (non-hydrogen) atoms. The van der Waals surface area contributed by atoms with Crippen LogP contribution in [0.15, 0.2) is 47.5 Å². The molecule has 2 aromatic rings. The van der Waals surface area contributed by atoms with Crippen LogP contribution in [0.2, 0.25) is 0 Å². The number of nitrogens with zero attached hydrogens (tertiary/aromatic N) is 2. The van der Waals surface area contributed by atoms with Gasteiger partial charge >= 0.3 is 5.69 Å². The van der Waals surface area contributed by atoms with Gasteiger partial charge in [0.05, 0.1) is 6.54 Å². The average Bonchev–Trinajstić information content (AvgIpc) is 3.09. The summed E-state index contributed by atoms with van der Waals surface area (Å²) in [5.74, 6) is 0.650. The van der Waals surface area contributed by atoms with Gasteiger partial charge in [-0.2, -0.15) is 0 Å². The summed E-state index contributed by atoms with van der Waals surface area (Å²) in [6.45, 7) is 2.51. The normalized spacial score (nSPS) is 16.9. The van der Waals surface area contributed by atoms with Gasteiger partial charge in [-0.3, -0.25) is 9.36 Å². The Morgan fingerprint density at radius 1 is 1.38 bits per heavy atom. The summed E-state index contributed by atoms with van der Waals surface area (Å²) in [6, 6.07) is 9.30. The summed E-state index contributed by atoms with van der Waals surface area (Å²) in [5, 5.41) is 6.26. The van der Waals surface area contributed by atoms with Crippen LogP contribution in [0.25, 0.3) is 0 Å². The third kappa shape index (κ3) is 4.52. The minimum absolute atomic E-state index is 0.0394. The molecule has 1 unspecified atom stereocenters. The van der Waals surface area contributed by atoms with Crippen LogP contribution < -0.4 is 16.3 Å². The quantitative estimate of drug-likeness (QED) is 0.846. The van der Waals surface area contributed by atoms with Gasteiger partial charge in [-0.1, -0.05) is 12.1 Å². The molecular formula is C18H22N4O2. The molecule has 1 saturated heterocycles. The van der Waals surface area contributed by atoms with E-state index in [1.807, 2.05) is 24.3 Å². The van der Waals surface area contributed by atoms with Gasteiger partial charge in [0.1, 0.15) is 0 Å². The first-order valence-electron chi connectivity index (χ1n) is 8.32. The Hall–Kier alpha value is -2.47. The lowest BCUT2D eigenvalue weighted by atomic mass is 10.0. The monoisotopic (exact) mass is 326 g/mol. The fourth-order valence-corrected chi connectivity index (χ4v) is 2.97. The molecule has 2 heterocycles. The molecule has 2 N–H and O–H groups in total. The van der Waals surface area contributed by atoms with Crippen molar-refractivity contribution in [3.8, 4) is 0 Å². The first-order valence-corrected chi connectivity index (χ1v) is 8.32. The summed E-state index contributed by atoms with van der Waals surface area (Å²) in [6.07, 6.45) is 5.80. The molecule has 0 radical (unpaired) electrons. The van der Waals surface area contributed by atoms with Crippen molar-refractivity contribution in [1.82, 2.24) is 14.9 Å². The first kappa shape index (κ1) is 16.4. The maximum Gasteiger partial charge on any atom is 0.347 e. The maximum absolute atomic E-state index is 12.1. The predicted octanol–water partition coefficient (Wildman–Crippen LogP) is 1.62. The number of hydrogen-bond donors (Lipinski definition) is 2. The third-order valence-corrected chi connectivity index (χ3v) is 4.29. The lowest BCUT2D eigenvalue weighted by molar-refractivity contribution is -0.116. The molecule has 1 atom stereocenters. The highest BCUT2D eigenvalue weighted by Crippen LogP contribution is 2.16. The summed E-state index contributed by atoms with van der Waals surface area (Å²) in [5.41, 5.74) is 1.43. The fraction of sp³-hybridized carbons (Fsp3) is 0.389. The second-order valence-corrected chi connectivity index (χ2v) is 6.18. The second-order valence-electron chi connectivity index (χ2n) is 6.18. The van der Waals surface area contributed by atoms with Crippen LogP contribution in [0.3, 0.4) is 0 Å². The minimum Gasteiger partial charge on any atom is -0.326 e. The largest absolute Gasteiger partial charge is 0.347 e. The predicted molar refractivity (Wildman–Crippen MR) is 92.9 cm³/mol. The van der Waals surface area contributed by atoms with Gasteiger partial charge in [0.2, 0.25) is 5.91 Å². The third-order valence-electron chi connectivity index (χ3n) is 4.29. The molecule has 1 aliphatic rings. The molecule has 3 rings (SSSR count). The zero-order chi connectivity index (χ0) is 16.8. The van der Waals surface area contributed by atoms with Crippen molar-refractivity contribution in [1.29, 1.82) is 0 Å². The molecule has 0 bridgehead atoms. The smallest absolute Gasteiger partial charge is 0.326 e. The molecule has 1 aromatic carbocycles. The van der Waals surface area contributed by atoms with Crippen LogP contribution in [0.4, 0.5) is 5.69 Å². The van der Waals surface area contributed by atoms with E-state index in [2.05, 4.69) is 15.6 Å². The Morgan fingerprint density at radius 2 is 2.29 bits per heavy atom. The number of aromatic nitrogens is 2. The van der Waals surface area contributed by atoms with Crippen LogP contribution in [0.1, 0.15) is 24.8 Å². The SMILES string of the molecule is O=C(CCC1CCNC1)Nc1cccc(Cn2cccnc2=O)c1. The van der Waals surface area contributed by atoms with Gasteiger partial charge in [0.15, 0.2) is 0 Å². The molecular weight excluding hydrogens is 304 g/mol. The molecule has 6 nitrogen and oxygen atoms in total. The van der Waals surface area contributed by atoms with Crippen LogP contribution in [-0.4, -0.2) is 28.5 Å². The van der Waals surface area contributed by atoms with Gasteiger partial charge in [0.25, 0.3) is 0 Å². The van der Waals surface area contributed by atoms with E-state index in [9.17, 15) is 9.59 Å². The van der Waals surface area contributed by atoms with Gasteiger partial charge in [-0.15, -0.1) is 0 Å². The molecule has 1 fully saturated rings. The van der Waals surface area contributed by atoms with E-state index in [0.29, 0.717) is 18.9 Å². The number of hydrogen-bond acceptors (Lipinski definition) is 4.